The average Bonchev–Trinajstić information content (AvgIpc) is 2.78. The van der Waals surface area contributed by atoms with Gasteiger partial charge in [0.1, 0.15) is 12.4 Å². The number of carbonyl (C=O) groups excluding carboxylic acids is 2. The number of amides is 3. The van der Waals surface area contributed by atoms with Crippen molar-refractivity contribution in [2.45, 2.75) is 13.5 Å². The van der Waals surface area contributed by atoms with E-state index in [1.165, 1.54) is 23.0 Å². The second-order valence-corrected chi connectivity index (χ2v) is 8.01. The van der Waals surface area contributed by atoms with Gasteiger partial charge in [-0.25, -0.2) is 14.2 Å². The highest BCUT2D eigenvalue weighted by Crippen LogP contribution is 2.20. The molecule has 0 unspecified atom stereocenters. The minimum absolute atomic E-state index is 0.123. The van der Waals surface area contributed by atoms with Crippen LogP contribution in [0.1, 0.15) is 5.56 Å². The van der Waals surface area contributed by atoms with Crippen LogP contribution in [0.25, 0.3) is 10.9 Å². The highest BCUT2D eigenvalue weighted by atomic mass is 35.5. The van der Waals surface area contributed by atoms with Gasteiger partial charge in [0.2, 0.25) is 5.91 Å². The molecule has 4 rings (SSSR count). The second-order valence-electron chi connectivity index (χ2n) is 7.60. The first-order valence-corrected chi connectivity index (χ1v) is 10.4. The summed E-state index contributed by atoms with van der Waals surface area (Å²) in [5, 5.41) is 3.50. The van der Waals surface area contributed by atoms with Gasteiger partial charge in [-0.2, -0.15) is 0 Å². The zero-order chi connectivity index (χ0) is 22.8. The Morgan fingerprint density at radius 1 is 1.09 bits per heavy atom. The topological polar surface area (TPSA) is 87.5 Å². The number of aryl methyl sites for hydroxylation is 1. The van der Waals surface area contributed by atoms with E-state index in [1.54, 1.807) is 21.9 Å². The van der Waals surface area contributed by atoms with Gasteiger partial charge in [0.15, 0.2) is 0 Å². The van der Waals surface area contributed by atoms with Crippen LogP contribution >= 0.6 is 11.6 Å². The smallest absolute Gasteiger partial charge is 0.321 e. The second kappa shape index (κ2) is 8.96. The van der Waals surface area contributed by atoms with Crippen molar-refractivity contribution in [3.63, 3.8) is 0 Å². The number of anilines is 1. The summed E-state index contributed by atoms with van der Waals surface area (Å²) in [5.74, 6) is -0.808. The summed E-state index contributed by atoms with van der Waals surface area (Å²) in [4.78, 5) is 45.1. The molecule has 1 fully saturated rings. The molecule has 0 saturated carbocycles. The Balaban J connectivity index is 1.36. The van der Waals surface area contributed by atoms with Crippen LogP contribution in [0.15, 0.2) is 47.5 Å². The van der Waals surface area contributed by atoms with Gasteiger partial charge in [0, 0.05) is 36.9 Å². The SMILES string of the molecule is Cc1ccc(NC(=O)N2CCN(C(=O)Cn3cnc4ccc(F)cc4c3=O)CC2)cc1Cl. The van der Waals surface area contributed by atoms with Crippen molar-refractivity contribution in [3.8, 4) is 0 Å². The van der Waals surface area contributed by atoms with Crippen molar-refractivity contribution in [2.24, 2.45) is 0 Å². The first kappa shape index (κ1) is 21.8. The number of hydrogen-bond donors (Lipinski definition) is 1. The number of halogens is 2. The van der Waals surface area contributed by atoms with Crippen molar-refractivity contribution >= 4 is 40.1 Å². The Kier molecular flexibility index (Phi) is 6.09. The van der Waals surface area contributed by atoms with Gasteiger partial charge in [0.05, 0.1) is 17.2 Å². The third kappa shape index (κ3) is 4.57. The Hall–Kier alpha value is -3.46. The number of piperazine rings is 1. The lowest BCUT2D eigenvalue weighted by Crippen LogP contribution is -2.52. The minimum atomic E-state index is -0.539. The molecule has 1 aliphatic rings. The van der Waals surface area contributed by atoms with E-state index >= 15 is 0 Å². The Labute approximate surface area is 188 Å². The molecular weight excluding hydrogens is 437 g/mol. The summed E-state index contributed by atoms with van der Waals surface area (Å²) in [7, 11) is 0. The molecule has 2 heterocycles. The standard InChI is InChI=1S/C22H21ClFN5O3/c1-14-2-4-16(11-18(14)23)26-22(32)28-8-6-27(7-9-28)20(30)12-29-13-25-19-5-3-15(24)10-17(19)21(29)31/h2-5,10-11,13H,6-9,12H2,1H3,(H,26,32). The maximum Gasteiger partial charge on any atom is 0.321 e. The first-order chi connectivity index (χ1) is 15.3. The van der Waals surface area contributed by atoms with Crippen molar-refractivity contribution in [2.75, 3.05) is 31.5 Å². The summed E-state index contributed by atoms with van der Waals surface area (Å²) in [5.41, 5.74) is 1.42. The molecular formula is C22H21ClFN5O3. The summed E-state index contributed by atoms with van der Waals surface area (Å²) in [6.45, 7) is 3.06. The zero-order valence-corrected chi connectivity index (χ0v) is 18.1. The fourth-order valence-electron chi connectivity index (χ4n) is 3.52. The lowest BCUT2D eigenvalue weighted by atomic mass is 10.2. The molecule has 3 aromatic rings. The lowest BCUT2D eigenvalue weighted by Gasteiger charge is -2.34. The first-order valence-electron chi connectivity index (χ1n) is 10.1. The minimum Gasteiger partial charge on any atom is -0.338 e. The number of nitrogens with one attached hydrogen (secondary N) is 1. The summed E-state index contributed by atoms with van der Waals surface area (Å²) in [6.07, 6.45) is 1.29. The molecule has 1 aliphatic heterocycles. The van der Waals surface area contributed by atoms with Crippen LogP contribution in [0.5, 0.6) is 0 Å². The quantitative estimate of drug-likeness (QED) is 0.655. The molecule has 8 nitrogen and oxygen atoms in total. The lowest BCUT2D eigenvalue weighted by molar-refractivity contribution is -0.133. The third-order valence-corrected chi connectivity index (χ3v) is 5.84. The molecule has 1 aromatic heterocycles. The molecule has 32 heavy (non-hydrogen) atoms. The van der Waals surface area contributed by atoms with Gasteiger partial charge in [0.25, 0.3) is 5.56 Å². The van der Waals surface area contributed by atoms with E-state index in [-0.39, 0.29) is 23.9 Å². The van der Waals surface area contributed by atoms with E-state index in [4.69, 9.17) is 11.6 Å². The molecule has 0 radical (unpaired) electrons. The highest BCUT2D eigenvalue weighted by molar-refractivity contribution is 6.31. The van der Waals surface area contributed by atoms with Crippen molar-refractivity contribution in [1.29, 1.82) is 0 Å². The van der Waals surface area contributed by atoms with Crippen LogP contribution in [0.4, 0.5) is 14.9 Å². The number of benzene rings is 2. The number of aromatic nitrogens is 2. The van der Waals surface area contributed by atoms with Gasteiger partial charge >= 0.3 is 6.03 Å². The molecule has 166 valence electrons. The molecule has 1 saturated heterocycles. The zero-order valence-electron chi connectivity index (χ0n) is 17.3. The van der Waals surface area contributed by atoms with Crippen LogP contribution in [-0.4, -0.2) is 57.5 Å². The van der Waals surface area contributed by atoms with Crippen LogP contribution in [0, 0.1) is 12.7 Å². The van der Waals surface area contributed by atoms with Gasteiger partial charge in [-0.3, -0.25) is 14.2 Å². The number of fused-ring (bicyclic) bond motifs is 1. The maximum absolute atomic E-state index is 13.5. The average molecular weight is 458 g/mol. The maximum atomic E-state index is 13.5. The Morgan fingerprint density at radius 3 is 2.53 bits per heavy atom. The number of urea groups is 1. The number of nitrogens with zero attached hydrogens (tertiary/aromatic N) is 4. The van der Waals surface area contributed by atoms with E-state index < -0.39 is 11.4 Å². The van der Waals surface area contributed by atoms with Crippen molar-refractivity contribution in [1.82, 2.24) is 19.4 Å². The van der Waals surface area contributed by atoms with Gasteiger partial charge in [-0.05, 0) is 42.8 Å². The van der Waals surface area contributed by atoms with Gasteiger partial charge in [-0.1, -0.05) is 17.7 Å². The van der Waals surface area contributed by atoms with Crippen LogP contribution in [0.2, 0.25) is 5.02 Å². The van der Waals surface area contributed by atoms with E-state index in [9.17, 15) is 18.8 Å². The number of rotatable bonds is 3. The van der Waals surface area contributed by atoms with Crippen LogP contribution in [0.3, 0.4) is 0 Å². The highest BCUT2D eigenvalue weighted by Gasteiger charge is 2.24. The molecule has 0 bridgehead atoms. The van der Waals surface area contributed by atoms with Crippen molar-refractivity contribution in [3.05, 3.63) is 69.5 Å². The summed E-state index contributed by atoms with van der Waals surface area (Å²) < 4.78 is 14.7. The van der Waals surface area contributed by atoms with E-state index in [0.29, 0.717) is 42.4 Å². The summed E-state index contributed by atoms with van der Waals surface area (Å²) >= 11 is 6.10. The van der Waals surface area contributed by atoms with E-state index in [1.807, 2.05) is 13.0 Å². The molecule has 1 N–H and O–H groups in total. The predicted octanol–water partition coefficient (Wildman–Crippen LogP) is 2.87. The van der Waals surface area contributed by atoms with Crippen LogP contribution < -0.4 is 10.9 Å². The summed E-state index contributed by atoms with van der Waals surface area (Å²) in [6, 6.07) is 8.79. The van der Waals surface area contributed by atoms with Gasteiger partial charge < -0.3 is 15.1 Å². The Morgan fingerprint density at radius 2 is 1.81 bits per heavy atom. The number of carbonyl (C=O) groups is 2. The monoisotopic (exact) mass is 457 g/mol. The fraction of sp³-hybridized carbons (Fsp3) is 0.273. The fourth-order valence-corrected chi connectivity index (χ4v) is 3.70. The van der Waals surface area contributed by atoms with E-state index in [2.05, 4.69) is 10.3 Å². The Bertz CT molecular complexity index is 1250. The van der Waals surface area contributed by atoms with E-state index in [0.717, 1.165) is 11.6 Å². The third-order valence-electron chi connectivity index (χ3n) is 5.43. The largest absolute Gasteiger partial charge is 0.338 e. The molecule has 0 aliphatic carbocycles. The molecule has 3 amide bonds. The molecule has 10 heteroatoms. The molecule has 0 spiro atoms. The van der Waals surface area contributed by atoms with Crippen LogP contribution in [-0.2, 0) is 11.3 Å². The molecule has 0 atom stereocenters. The normalized spacial score (nSPS) is 14.0. The number of hydrogen-bond acceptors (Lipinski definition) is 4. The van der Waals surface area contributed by atoms with Gasteiger partial charge in [-0.15, -0.1) is 0 Å². The molecule has 2 aromatic carbocycles. The van der Waals surface area contributed by atoms with Crippen molar-refractivity contribution < 1.29 is 14.0 Å². The predicted molar refractivity (Wildman–Crippen MR) is 119 cm³/mol.